The molecule has 0 aromatic rings. The highest BCUT2D eigenvalue weighted by atomic mass is 16.5. The van der Waals surface area contributed by atoms with Crippen LogP contribution in [-0.4, -0.2) is 31.2 Å². The Hall–Kier alpha value is -0.610. The van der Waals surface area contributed by atoms with Crippen molar-refractivity contribution < 1.29 is 9.53 Å². The number of hydrogen-bond acceptors (Lipinski definition) is 3. The summed E-state index contributed by atoms with van der Waals surface area (Å²) in [5.41, 5.74) is 5.24. The number of amides is 1. The Morgan fingerprint density at radius 3 is 2.47 bits per heavy atom. The Kier molecular flexibility index (Phi) is 5.05. The van der Waals surface area contributed by atoms with Crippen LogP contribution in [0.15, 0.2) is 0 Å². The standard InChI is InChI=1S/C11H22N2O2/c1-3-10(11(12)14)15-9-6-4-8(13-2)5-7-9/h8-10,13H,3-7H2,1-2H3,(H2,12,14). The van der Waals surface area contributed by atoms with Gasteiger partial charge in [0.15, 0.2) is 0 Å². The van der Waals surface area contributed by atoms with E-state index in [0.717, 1.165) is 25.7 Å². The van der Waals surface area contributed by atoms with Gasteiger partial charge in [0, 0.05) is 6.04 Å². The van der Waals surface area contributed by atoms with E-state index in [1.165, 1.54) is 0 Å². The van der Waals surface area contributed by atoms with Crippen molar-refractivity contribution in [2.24, 2.45) is 5.73 Å². The zero-order chi connectivity index (χ0) is 11.3. The van der Waals surface area contributed by atoms with Gasteiger partial charge in [-0.2, -0.15) is 0 Å². The van der Waals surface area contributed by atoms with E-state index in [-0.39, 0.29) is 12.0 Å². The van der Waals surface area contributed by atoms with E-state index in [9.17, 15) is 4.79 Å². The van der Waals surface area contributed by atoms with Crippen LogP contribution in [0.1, 0.15) is 39.0 Å². The maximum absolute atomic E-state index is 11.0. The molecule has 1 saturated carbocycles. The number of nitrogens with one attached hydrogen (secondary N) is 1. The van der Waals surface area contributed by atoms with Crippen molar-refractivity contribution in [2.45, 2.75) is 57.3 Å². The molecule has 1 amide bonds. The number of nitrogens with two attached hydrogens (primary N) is 1. The molecular formula is C11H22N2O2. The van der Waals surface area contributed by atoms with Crippen molar-refractivity contribution in [1.29, 1.82) is 0 Å². The molecule has 1 atom stereocenters. The summed E-state index contributed by atoms with van der Waals surface area (Å²) in [6.45, 7) is 1.93. The van der Waals surface area contributed by atoms with E-state index in [1.54, 1.807) is 0 Å². The van der Waals surface area contributed by atoms with Gasteiger partial charge in [0.2, 0.25) is 5.91 Å². The van der Waals surface area contributed by atoms with Crippen molar-refractivity contribution in [3.63, 3.8) is 0 Å². The molecule has 1 unspecified atom stereocenters. The molecule has 1 fully saturated rings. The molecular weight excluding hydrogens is 192 g/mol. The minimum Gasteiger partial charge on any atom is -0.367 e. The molecule has 0 spiro atoms. The predicted octanol–water partition coefficient (Wildman–Crippen LogP) is 0.798. The fraction of sp³-hybridized carbons (Fsp3) is 0.909. The summed E-state index contributed by atoms with van der Waals surface area (Å²) in [6.07, 6.45) is 4.77. The third kappa shape index (κ3) is 3.80. The first-order chi connectivity index (χ1) is 7.17. The van der Waals surface area contributed by atoms with E-state index in [1.807, 2.05) is 14.0 Å². The van der Waals surface area contributed by atoms with Gasteiger partial charge in [-0.15, -0.1) is 0 Å². The normalized spacial score (nSPS) is 28.7. The van der Waals surface area contributed by atoms with Crippen LogP contribution in [0.3, 0.4) is 0 Å². The quantitative estimate of drug-likeness (QED) is 0.711. The molecule has 1 aliphatic carbocycles. The lowest BCUT2D eigenvalue weighted by Crippen LogP contribution is -2.38. The van der Waals surface area contributed by atoms with Crippen LogP contribution in [0.4, 0.5) is 0 Å². The van der Waals surface area contributed by atoms with Gasteiger partial charge in [0.1, 0.15) is 6.10 Å². The second-order valence-corrected chi connectivity index (χ2v) is 4.20. The van der Waals surface area contributed by atoms with Crippen molar-refractivity contribution in [2.75, 3.05) is 7.05 Å². The molecule has 0 heterocycles. The average Bonchev–Trinajstić information content (AvgIpc) is 2.26. The van der Waals surface area contributed by atoms with Gasteiger partial charge >= 0.3 is 0 Å². The van der Waals surface area contributed by atoms with Crippen LogP contribution < -0.4 is 11.1 Å². The predicted molar refractivity (Wildman–Crippen MR) is 59.5 cm³/mol. The Bertz CT molecular complexity index is 201. The average molecular weight is 214 g/mol. The molecule has 0 aromatic heterocycles. The summed E-state index contributed by atoms with van der Waals surface area (Å²) >= 11 is 0. The highest BCUT2D eigenvalue weighted by Crippen LogP contribution is 2.22. The molecule has 4 nitrogen and oxygen atoms in total. The summed E-state index contributed by atoms with van der Waals surface area (Å²) in [6, 6.07) is 0.610. The summed E-state index contributed by atoms with van der Waals surface area (Å²) in [5, 5.41) is 3.27. The monoisotopic (exact) mass is 214 g/mol. The maximum Gasteiger partial charge on any atom is 0.246 e. The molecule has 0 radical (unpaired) electrons. The third-order valence-corrected chi connectivity index (χ3v) is 3.13. The number of carbonyl (C=O) groups is 1. The largest absolute Gasteiger partial charge is 0.367 e. The molecule has 4 heteroatoms. The first-order valence-corrected chi connectivity index (χ1v) is 5.79. The highest BCUT2D eigenvalue weighted by Gasteiger charge is 2.24. The van der Waals surface area contributed by atoms with Crippen LogP contribution in [0.5, 0.6) is 0 Å². The summed E-state index contributed by atoms with van der Waals surface area (Å²) in [5.74, 6) is -0.340. The fourth-order valence-corrected chi connectivity index (χ4v) is 2.08. The zero-order valence-corrected chi connectivity index (χ0v) is 9.66. The molecule has 0 aromatic carbocycles. The fourth-order valence-electron chi connectivity index (χ4n) is 2.08. The van der Waals surface area contributed by atoms with Crippen LogP contribution in [0.25, 0.3) is 0 Å². The van der Waals surface area contributed by atoms with E-state index in [2.05, 4.69) is 5.32 Å². The Balaban J connectivity index is 2.31. The SMILES string of the molecule is CCC(OC1CCC(NC)CC1)C(N)=O. The van der Waals surface area contributed by atoms with Crippen LogP contribution in [-0.2, 0) is 9.53 Å². The van der Waals surface area contributed by atoms with Gasteiger partial charge in [-0.25, -0.2) is 0 Å². The Morgan fingerprint density at radius 1 is 1.47 bits per heavy atom. The number of hydrogen-bond donors (Lipinski definition) is 2. The zero-order valence-electron chi connectivity index (χ0n) is 9.66. The Morgan fingerprint density at radius 2 is 2.07 bits per heavy atom. The number of ether oxygens (including phenoxy) is 1. The summed E-state index contributed by atoms with van der Waals surface area (Å²) < 4.78 is 5.69. The third-order valence-electron chi connectivity index (χ3n) is 3.13. The molecule has 1 aliphatic rings. The van der Waals surface area contributed by atoms with E-state index in [0.29, 0.717) is 12.5 Å². The molecule has 0 saturated heterocycles. The minimum atomic E-state index is -0.402. The summed E-state index contributed by atoms with van der Waals surface area (Å²) in [7, 11) is 1.99. The van der Waals surface area contributed by atoms with Crippen LogP contribution in [0, 0.1) is 0 Å². The number of carbonyl (C=O) groups excluding carboxylic acids is 1. The van der Waals surface area contributed by atoms with E-state index in [4.69, 9.17) is 10.5 Å². The van der Waals surface area contributed by atoms with E-state index < -0.39 is 6.10 Å². The van der Waals surface area contributed by atoms with Gasteiger partial charge in [-0.05, 0) is 39.2 Å². The molecule has 15 heavy (non-hydrogen) atoms. The van der Waals surface area contributed by atoms with Crippen molar-refractivity contribution in [3.05, 3.63) is 0 Å². The maximum atomic E-state index is 11.0. The van der Waals surface area contributed by atoms with Crippen molar-refractivity contribution in [3.8, 4) is 0 Å². The minimum absolute atomic E-state index is 0.215. The van der Waals surface area contributed by atoms with E-state index >= 15 is 0 Å². The smallest absolute Gasteiger partial charge is 0.246 e. The summed E-state index contributed by atoms with van der Waals surface area (Å²) in [4.78, 5) is 11.0. The molecule has 3 N–H and O–H groups in total. The second-order valence-electron chi connectivity index (χ2n) is 4.20. The lowest BCUT2D eigenvalue weighted by atomic mass is 9.93. The topological polar surface area (TPSA) is 64.3 Å². The van der Waals surface area contributed by atoms with Crippen molar-refractivity contribution >= 4 is 5.91 Å². The first-order valence-electron chi connectivity index (χ1n) is 5.79. The molecule has 0 bridgehead atoms. The second kappa shape index (κ2) is 6.08. The van der Waals surface area contributed by atoms with Crippen molar-refractivity contribution in [1.82, 2.24) is 5.32 Å². The lowest BCUT2D eigenvalue weighted by molar-refractivity contribution is -0.135. The Labute approximate surface area is 91.5 Å². The number of rotatable bonds is 5. The van der Waals surface area contributed by atoms with Gasteiger partial charge in [0.05, 0.1) is 6.10 Å². The molecule has 88 valence electrons. The first kappa shape index (κ1) is 12.5. The van der Waals surface area contributed by atoms with Gasteiger partial charge in [-0.1, -0.05) is 6.92 Å². The van der Waals surface area contributed by atoms with Crippen LogP contribution in [0.2, 0.25) is 0 Å². The molecule has 1 rings (SSSR count). The molecule has 0 aliphatic heterocycles. The number of primary amides is 1. The van der Waals surface area contributed by atoms with Crippen LogP contribution >= 0.6 is 0 Å². The van der Waals surface area contributed by atoms with Gasteiger partial charge in [0.25, 0.3) is 0 Å². The van der Waals surface area contributed by atoms with Gasteiger partial charge in [-0.3, -0.25) is 4.79 Å². The lowest BCUT2D eigenvalue weighted by Gasteiger charge is -2.30. The highest BCUT2D eigenvalue weighted by molar-refractivity contribution is 5.78. The van der Waals surface area contributed by atoms with Gasteiger partial charge < -0.3 is 15.8 Å².